The Morgan fingerprint density at radius 3 is 2.39 bits per heavy atom. The van der Waals surface area contributed by atoms with Crippen LogP contribution in [0.4, 0.5) is 0 Å². The lowest BCUT2D eigenvalue weighted by atomic mass is 10.0. The van der Waals surface area contributed by atoms with E-state index in [0.717, 1.165) is 12.8 Å². The highest BCUT2D eigenvalue weighted by Crippen LogP contribution is 2.25. The molecule has 0 N–H and O–H groups in total. The second-order valence-electron chi connectivity index (χ2n) is 5.85. The van der Waals surface area contributed by atoms with Crippen LogP contribution in [-0.4, -0.2) is 49.7 Å². The van der Waals surface area contributed by atoms with Crippen LogP contribution in [0.3, 0.4) is 0 Å². The molecule has 1 aliphatic heterocycles. The minimum absolute atomic E-state index is 0.00766. The van der Waals surface area contributed by atoms with Gasteiger partial charge in [0.25, 0.3) is 0 Å². The lowest BCUT2D eigenvalue weighted by Gasteiger charge is -2.35. The van der Waals surface area contributed by atoms with Crippen LogP contribution in [0.25, 0.3) is 0 Å². The molecular weight excluding hydrogens is 336 g/mol. The molecule has 0 bridgehead atoms. The fraction of sp³-hybridized carbons (Fsp3) is 0.562. The molecule has 0 spiro atoms. The minimum atomic E-state index is -3.61. The third kappa shape index (κ3) is 4.05. The predicted molar refractivity (Wildman–Crippen MR) is 90.9 cm³/mol. The molecule has 1 heterocycles. The normalized spacial score (nSPS) is 18.0. The Morgan fingerprint density at radius 2 is 1.83 bits per heavy atom. The van der Waals surface area contributed by atoms with Gasteiger partial charge in [-0.2, -0.15) is 4.31 Å². The first-order valence-electron chi connectivity index (χ1n) is 7.91. The number of benzene rings is 1. The molecule has 0 saturated carbocycles. The number of sulfonamides is 1. The molecule has 1 unspecified atom stereocenters. The van der Waals surface area contributed by atoms with E-state index < -0.39 is 10.0 Å². The van der Waals surface area contributed by atoms with Crippen molar-refractivity contribution in [3.05, 3.63) is 29.3 Å². The molecule has 1 atom stereocenters. The second-order valence-corrected chi connectivity index (χ2v) is 8.16. The fourth-order valence-electron chi connectivity index (χ4n) is 2.81. The molecule has 128 valence electrons. The maximum Gasteiger partial charge on any atom is 0.244 e. The minimum Gasteiger partial charge on any atom is -0.340 e. The summed E-state index contributed by atoms with van der Waals surface area (Å²) in [5.74, 6) is 0.105. The molecular formula is C16H23ClN2O3S. The Hall–Kier alpha value is -1.11. The number of amides is 1. The van der Waals surface area contributed by atoms with Crippen LogP contribution in [-0.2, 0) is 14.8 Å². The molecule has 5 nitrogen and oxygen atoms in total. The van der Waals surface area contributed by atoms with Crippen LogP contribution in [0.5, 0.6) is 0 Å². The first-order chi connectivity index (χ1) is 10.9. The third-order valence-electron chi connectivity index (χ3n) is 4.15. The van der Waals surface area contributed by atoms with E-state index in [2.05, 4.69) is 6.92 Å². The van der Waals surface area contributed by atoms with Crippen molar-refractivity contribution in [3.63, 3.8) is 0 Å². The lowest BCUT2D eigenvalue weighted by Crippen LogP contribution is -2.51. The average Bonchev–Trinajstić information content (AvgIpc) is 2.54. The number of nitrogens with zero attached hydrogens (tertiary/aromatic N) is 2. The summed E-state index contributed by atoms with van der Waals surface area (Å²) in [5, 5.41) is 0.225. The van der Waals surface area contributed by atoms with Gasteiger partial charge in [0, 0.05) is 32.1 Å². The van der Waals surface area contributed by atoms with Crippen LogP contribution in [0.2, 0.25) is 5.02 Å². The van der Waals surface area contributed by atoms with Crippen LogP contribution >= 0.6 is 11.6 Å². The van der Waals surface area contributed by atoms with Gasteiger partial charge in [-0.15, -0.1) is 0 Å². The van der Waals surface area contributed by atoms with Crippen molar-refractivity contribution in [1.82, 2.24) is 9.21 Å². The summed E-state index contributed by atoms with van der Waals surface area (Å²) in [6.07, 6.45) is 1.82. The van der Waals surface area contributed by atoms with E-state index in [0.29, 0.717) is 26.2 Å². The van der Waals surface area contributed by atoms with Gasteiger partial charge in [0.15, 0.2) is 0 Å². The Bertz CT molecular complexity index is 655. The van der Waals surface area contributed by atoms with Gasteiger partial charge in [-0.1, -0.05) is 44.0 Å². The quantitative estimate of drug-likeness (QED) is 0.813. The summed E-state index contributed by atoms with van der Waals surface area (Å²) in [6, 6.07) is 6.44. The van der Waals surface area contributed by atoms with Crippen LogP contribution in [0.15, 0.2) is 29.2 Å². The number of halogens is 1. The fourth-order valence-corrected chi connectivity index (χ4v) is 4.73. The van der Waals surface area contributed by atoms with E-state index in [1.807, 2.05) is 6.92 Å². The smallest absolute Gasteiger partial charge is 0.244 e. The summed E-state index contributed by atoms with van der Waals surface area (Å²) in [4.78, 5) is 14.2. The van der Waals surface area contributed by atoms with Crippen molar-refractivity contribution in [3.8, 4) is 0 Å². The van der Waals surface area contributed by atoms with E-state index >= 15 is 0 Å². The Morgan fingerprint density at radius 1 is 1.22 bits per heavy atom. The predicted octanol–water partition coefficient (Wildman–Crippen LogP) is 2.61. The lowest BCUT2D eigenvalue weighted by molar-refractivity contribution is -0.136. The Balaban J connectivity index is 2.04. The molecule has 7 heteroatoms. The maximum atomic E-state index is 12.7. The van der Waals surface area contributed by atoms with Gasteiger partial charge in [-0.25, -0.2) is 8.42 Å². The first kappa shape index (κ1) is 18.2. The molecule has 1 amide bonds. The van der Waals surface area contributed by atoms with E-state index in [1.165, 1.54) is 10.4 Å². The number of rotatable bonds is 5. The molecule has 0 aromatic heterocycles. The number of carbonyl (C=O) groups is 1. The zero-order chi connectivity index (χ0) is 17.0. The van der Waals surface area contributed by atoms with E-state index in [4.69, 9.17) is 11.6 Å². The van der Waals surface area contributed by atoms with Gasteiger partial charge in [0.05, 0.1) is 5.02 Å². The third-order valence-corrected chi connectivity index (χ3v) is 6.55. The summed E-state index contributed by atoms with van der Waals surface area (Å²) >= 11 is 6.01. The summed E-state index contributed by atoms with van der Waals surface area (Å²) in [6.45, 7) is 5.44. The van der Waals surface area contributed by atoms with Crippen LogP contribution in [0.1, 0.15) is 26.7 Å². The molecule has 2 rings (SSSR count). The van der Waals surface area contributed by atoms with Gasteiger partial charge in [-0.05, 0) is 18.6 Å². The number of carbonyl (C=O) groups excluding carboxylic acids is 1. The van der Waals surface area contributed by atoms with Crippen LogP contribution in [0, 0.1) is 5.92 Å². The van der Waals surface area contributed by atoms with Crippen molar-refractivity contribution in [2.75, 3.05) is 26.2 Å². The van der Waals surface area contributed by atoms with Gasteiger partial charge in [0.1, 0.15) is 4.90 Å². The molecule has 0 radical (unpaired) electrons. The van der Waals surface area contributed by atoms with Crippen molar-refractivity contribution in [2.45, 2.75) is 31.6 Å². The number of hydrogen-bond acceptors (Lipinski definition) is 3. The van der Waals surface area contributed by atoms with Crippen molar-refractivity contribution >= 4 is 27.5 Å². The summed E-state index contributed by atoms with van der Waals surface area (Å²) in [7, 11) is -3.61. The Labute approximate surface area is 143 Å². The first-order valence-corrected chi connectivity index (χ1v) is 9.73. The van der Waals surface area contributed by atoms with Gasteiger partial charge < -0.3 is 4.90 Å². The zero-order valence-electron chi connectivity index (χ0n) is 13.5. The van der Waals surface area contributed by atoms with Gasteiger partial charge in [-0.3, -0.25) is 4.79 Å². The van der Waals surface area contributed by atoms with Crippen molar-refractivity contribution < 1.29 is 13.2 Å². The Kier molecular flexibility index (Phi) is 6.06. The molecule has 1 aromatic carbocycles. The van der Waals surface area contributed by atoms with Gasteiger partial charge >= 0.3 is 0 Å². The standard InChI is InChI=1S/C16H23ClN2O3S/c1-3-6-13(2)16(20)18-9-11-19(12-10-18)23(21,22)15-8-5-4-7-14(15)17/h4-5,7-8,13H,3,6,9-12H2,1-2H3. The molecule has 1 aromatic rings. The molecule has 1 fully saturated rings. The monoisotopic (exact) mass is 358 g/mol. The van der Waals surface area contributed by atoms with Crippen molar-refractivity contribution in [1.29, 1.82) is 0 Å². The second kappa shape index (κ2) is 7.64. The summed E-state index contributed by atoms with van der Waals surface area (Å²) in [5.41, 5.74) is 0. The molecule has 1 aliphatic rings. The maximum absolute atomic E-state index is 12.7. The summed E-state index contributed by atoms with van der Waals surface area (Å²) < 4.78 is 26.7. The highest BCUT2D eigenvalue weighted by atomic mass is 35.5. The number of hydrogen-bond donors (Lipinski definition) is 0. The molecule has 1 saturated heterocycles. The average molecular weight is 359 g/mol. The highest BCUT2D eigenvalue weighted by Gasteiger charge is 2.32. The van der Waals surface area contributed by atoms with E-state index in [1.54, 1.807) is 23.1 Å². The molecule has 23 heavy (non-hydrogen) atoms. The highest BCUT2D eigenvalue weighted by molar-refractivity contribution is 7.89. The largest absolute Gasteiger partial charge is 0.340 e. The SMILES string of the molecule is CCCC(C)C(=O)N1CCN(S(=O)(=O)c2ccccc2Cl)CC1. The van der Waals surface area contributed by atoms with Crippen LogP contribution < -0.4 is 0 Å². The molecule has 0 aliphatic carbocycles. The van der Waals surface area contributed by atoms with E-state index in [9.17, 15) is 13.2 Å². The zero-order valence-corrected chi connectivity index (χ0v) is 15.1. The van der Waals surface area contributed by atoms with Crippen molar-refractivity contribution in [2.24, 2.45) is 5.92 Å². The van der Waals surface area contributed by atoms with E-state index in [-0.39, 0.29) is 21.7 Å². The van der Waals surface area contributed by atoms with Gasteiger partial charge in [0.2, 0.25) is 15.9 Å². The number of piperazine rings is 1. The topological polar surface area (TPSA) is 57.7 Å².